The van der Waals surface area contributed by atoms with E-state index in [4.69, 9.17) is 4.42 Å². The van der Waals surface area contributed by atoms with E-state index >= 15 is 0 Å². The smallest absolute Gasteiger partial charge is 0.289 e. The first-order chi connectivity index (χ1) is 9.24. The van der Waals surface area contributed by atoms with Crippen LogP contribution in [0.5, 0.6) is 0 Å². The van der Waals surface area contributed by atoms with Crippen molar-refractivity contribution in [1.82, 2.24) is 15.1 Å². The van der Waals surface area contributed by atoms with E-state index in [2.05, 4.69) is 15.1 Å². The number of aromatic nitrogens is 2. The van der Waals surface area contributed by atoms with Crippen LogP contribution >= 0.6 is 11.3 Å². The fourth-order valence-electron chi connectivity index (χ4n) is 2.07. The average Bonchev–Trinajstić information content (AvgIpc) is 3.09. The van der Waals surface area contributed by atoms with Gasteiger partial charge in [-0.05, 0) is 19.1 Å². The molecule has 1 saturated heterocycles. The Hall–Kier alpha value is -1.89. The van der Waals surface area contributed by atoms with E-state index in [0.29, 0.717) is 18.8 Å². The van der Waals surface area contributed by atoms with Crippen LogP contribution in [-0.4, -0.2) is 47.2 Å². The zero-order valence-corrected chi connectivity index (χ0v) is 11.4. The van der Waals surface area contributed by atoms with Crippen LogP contribution in [0.25, 0.3) is 0 Å². The number of rotatable bonds is 2. The van der Waals surface area contributed by atoms with Gasteiger partial charge >= 0.3 is 0 Å². The fraction of sp³-hybridized carbons (Fsp3) is 0.417. The maximum atomic E-state index is 12.1. The highest BCUT2D eigenvalue weighted by Gasteiger charge is 2.24. The molecule has 0 N–H and O–H groups in total. The summed E-state index contributed by atoms with van der Waals surface area (Å²) in [6, 6.07) is 3.43. The summed E-state index contributed by atoms with van der Waals surface area (Å²) >= 11 is 1.58. The first-order valence-corrected chi connectivity index (χ1v) is 6.93. The van der Waals surface area contributed by atoms with Gasteiger partial charge in [-0.15, -0.1) is 10.2 Å². The molecule has 2 aromatic rings. The van der Waals surface area contributed by atoms with E-state index < -0.39 is 0 Å². The van der Waals surface area contributed by atoms with Crippen molar-refractivity contribution in [1.29, 1.82) is 0 Å². The molecule has 0 aromatic carbocycles. The predicted molar refractivity (Wildman–Crippen MR) is 71.5 cm³/mol. The molecule has 7 heteroatoms. The second-order valence-corrected chi connectivity index (χ2v) is 5.52. The number of anilines is 1. The van der Waals surface area contributed by atoms with Crippen LogP contribution in [0.15, 0.2) is 22.8 Å². The van der Waals surface area contributed by atoms with Crippen LogP contribution in [0.2, 0.25) is 0 Å². The maximum Gasteiger partial charge on any atom is 0.289 e. The lowest BCUT2D eigenvalue weighted by Crippen LogP contribution is -2.48. The Morgan fingerprint density at radius 3 is 2.68 bits per heavy atom. The zero-order chi connectivity index (χ0) is 13.2. The van der Waals surface area contributed by atoms with Gasteiger partial charge in [0.15, 0.2) is 5.76 Å². The lowest BCUT2D eigenvalue weighted by Gasteiger charge is -2.33. The highest BCUT2D eigenvalue weighted by atomic mass is 32.1. The fourth-order valence-corrected chi connectivity index (χ4v) is 2.81. The molecule has 0 unspecified atom stereocenters. The summed E-state index contributed by atoms with van der Waals surface area (Å²) in [6.45, 7) is 4.86. The average molecular weight is 278 g/mol. The van der Waals surface area contributed by atoms with Gasteiger partial charge in [-0.1, -0.05) is 11.3 Å². The Balaban J connectivity index is 1.62. The van der Waals surface area contributed by atoms with Crippen LogP contribution in [0.4, 0.5) is 5.13 Å². The van der Waals surface area contributed by atoms with Crippen molar-refractivity contribution in [2.24, 2.45) is 0 Å². The summed E-state index contributed by atoms with van der Waals surface area (Å²) in [5, 5.41) is 10.0. The molecule has 1 aliphatic rings. The van der Waals surface area contributed by atoms with Crippen molar-refractivity contribution in [3.8, 4) is 0 Å². The topological polar surface area (TPSA) is 62.5 Å². The van der Waals surface area contributed by atoms with Gasteiger partial charge in [0.25, 0.3) is 5.91 Å². The number of carbonyl (C=O) groups excluding carboxylic acids is 1. The quantitative estimate of drug-likeness (QED) is 0.831. The highest BCUT2D eigenvalue weighted by molar-refractivity contribution is 7.15. The summed E-state index contributed by atoms with van der Waals surface area (Å²) in [5.41, 5.74) is 0. The lowest BCUT2D eigenvalue weighted by atomic mass is 10.3. The Morgan fingerprint density at radius 2 is 2.11 bits per heavy atom. The van der Waals surface area contributed by atoms with Crippen LogP contribution in [0.3, 0.4) is 0 Å². The Labute approximate surface area is 114 Å². The molecule has 1 aliphatic heterocycles. The first-order valence-electron chi connectivity index (χ1n) is 6.12. The Kier molecular flexibility index (Phi) is 3.20. The normalized spacial score (nSPS) is 15.8. The Morgan fingerprint density at radius 1 is 1.32 bits per heavy atom. The number of hydrogen-bond acceptors (Lipinski definition) is 6. The Bertz CT molecular complexity index is 558. The van der Waals surface area contributed by atoms with Crippen LogP contribution in [-0.2, 0) is 0 Å². The molecule has 1 fully saturated rings. The van der Waals surface area contributed by atoms with Crippen molar-refractivity contribution < 1.29 is 9.21 Å². The SMILES string of the molecule is Cc1nnc(N2CCN(C(=O)c3ccco3)CC2)s1. The molecule has 0 saturated carbocycles. The van der Waals surface area contributed by atoms with Gasteiger partial charge in [0.05, 0.1) is 6.26 Å². The van der Waals surface area contributed by atoms with Crippen molar-refractivity contribution in [2.75, 3.05) is 31.1 Å². The van der Waals surface area contributed by atoms with E-state index in [1.165, 1.54) is 6.26 Å². The van der Waals surface area contributed by atoms with Crippen molar-refractivity contribution >= 4 is 22.4 Å². The molecule has 100 valence electrons. The minimum Gasteiger partial charge on any atom is -0.459 e. The zero-order valence-electron chi connectivity index (χ0n) is 10.6. The molecule has 0 radical (unpaired) electrons. The molecule has 3 heterocycles. The molecule has 19 heavy (non-hydrogen) atoms. The summed E-state index contributed by atoms with van der Waals surface area (Å²) in [5.74, 6) is 0.360. The molecule has 3 rings (SSSR count). The summed E-state index contributed by atoms with van der Waals surface area (Å²) in [7, 11) is 0. The van der Waals surface area contributed by atoms with E-state index in [1.54, 1.807) is 23.5 Å². The summed E-state index contributed by atoms with van der Waals surface area (Å²) in [6.07, 6.45) is 1.52. The van der Waals surface area contributed by atoms with Crippen LogP contribution in [0.1, 0.15) is 15.6 Å². The van der Waals surface area contributed by atoms with Crippen molar-refractivity contribution in [2.45, 2.75) is 6.92 Å². The lowest BCUT2D eigenvalue weighted by molar-refractivity contribution is 0.0714. The van der Waals surface area contributed by atoms with Gasteiger partial charge in [0, 0.05) is 26.2 Å². The number of aryl methyl sites for hydroxylation is 1. The molecular weight excluding hydrogens is 264 g/mol. The first kappa shape index (κ1) is 12.2. The summed E-state index contributed by atoms with van der Waals surface area (Å²) in [4.78, 5) is 16.1. The van der Waals surface area contributed by atoms with Crippen molar-refractivity contribution in [3.63, 3.8) is 0 Å². The van der Waals surface area contributed by atoms with Crippen LogP contribution in [0, 0.1) is 6.92 Å². The molecule has 0 spiro atoms. The molecule has 6 nitrogen and oxygen atoms in total. The molecule has 2 aromatic heterocycles. The highest BCUT2D eigenvalue weighted by Crippen LogP contribution is 2.21. The van der Waals surface area contributed by atoms with Gasteiger partial charge in [0.1, 0.15) is 5.01 Å². The van der Waals surface area contributed by atoms with E-state index in [1.807, 2.05) is 11.8 Å². The van der Waals surface area contributed by atoms with Gasteiger partial charge in [-0.3, -0.25) is 4.79 Å². The van der Waals surface area contributed by atoms with E-state index in [0.717, 1.165) is 23.2 Å². The second-order valence-electron chi connectivity index (χ2n) is 4.36. The third-order valence-electron chi connectivity index (χ3n) is 3.08. The number of piperazine rings is 1. The predicted octanol–water partition coefficient (Wildman–Crippen LogP) is 1.40. The molecule has 0 aliphatic carbocycles. The number of nitrogens with zero attached hydrogens (tertiary/aromatic N) is 4. The van der Waals surface area contributed by atoms with E-state index in [-0.39, 0.29) is 5.91 Å². The number of carbonyl (C=O) groups is 1. The molecule has 0 bridgehead atoms. The minimum absolute atomic E-state index is 0.0434. The second kappa shape index (κ2) is 5.00. The number of amides is 1. The largest absolute Gasteiger partial charge is 0.459 e. The monoisotopic (exact) mass is 278 g/mol. The minimum atomic E-state index is -0.0434. The standard InChI is InChI=1S/C12H14N4O2S/c1-9-13-14-12(19-9)16-6-4-15(5-7-16)11(17)10-3-2-8-18-10/h2-3,8H,4-7H2,1H3. The maximum absolute atomic E-state index is 12.1. The van der Waals surface area contributed by atoms with Gasteiger partial charge in [0.2, 0.25) is 5.13 Å². The summed E-state index contributed by atoms with van der Waals surface area (Å²) < 4.78 is 5.14. The van der Waals surface area contributed by atoms with Gasteiger partial charge < -0.3 is 14.2 Å². The van der Waals surface area contributed by atoms with E-state index in [9.17, 15) is 4.79 Å². The number of furan rings is 1. The van der Waals surface area contributed by atoms with Crippen LogP contribution < -0.4 is 4.90 Å². The molecule has 1 amide bonds. The van der Waals surface area contributed by atoms with Crippen molar-refractivity contribution in [3.05, 3.63) is 29.2 Å². The number of hydrogen-bond donors (Lipinski definition) is 0. The third kappa shape index (κ3) is 2.46. The van der Waals surface area contributed by atoms with Gasteiger partial charge in [-0.2, -0.15) is 0 Å². The third-order valence-corrected chi connectivity index (χ3v) is 3.98. The molecule has 0 atom stereocenters. The molecular formula is C12H14N4O2S. The van der Waals surface area contributed by atoms with Gasteiger partial charge in [-0.25, -0.2) is 0 Å².